The number of hydrogen-bond donors (Lipinski definition) is 1. The van der Waals surface area contributed by atoms with Crippen LogP contribution in [0.4, 0.5) is 11.4 Å². The summed E-state index contributed by atoms with van der Waals surface area (Å²) >= 11 is 0. The molecule has 168 valence electrons. The molecule has 1 fully saturated rings. The van der Waals surface area contributed by atoms with Gasteiger partial charge >= 0.3 is 0 Å². The number of nitrogens with zero attached hydrogens (tertiary/aromatic N) is 3. The van der Waals surface area contributed by atoms with Gasteiger partial charge < -0.3 is 19.7 Å². The van der Waals surface area contributed by atoms with Crippen molar-refractivity contribution in [2.24, 2.45) is 0 Å². The summed E-state index contributed by atoms with van der Waals surface area (Å²) in [5, 5.41) is 4.25. The standard InChI is InChI=1S/C25H30N4O3/c1-5-17-8-6-7-13-29(17)25(30)20-15-26-24-19(11-9-16(2)27-24)23(20)28-21-12-10-18(31-3)14-22(21)32-4/h9-12,14-15,17H,5-8,13H2,1-4H3,(H,26,27,28)/t17-/m0/s1. The molecule has 3 heterocycles. The van der Waals surface area contributed by atoms with E-state index in [2.05, 4.69) is 22.2 Å². The Hall–Kier alpha value is -3.35. The van der Waals surface area contributed by atoms with Gasteiger partial charge in [-0.15, -0.1) is 0 Å². The lowest BCUT2D eigenvalue weighted by Gasteiger charge is -2.35. The minimum Gasteiger partial charge on any atom is -0.497 e. The molecule has 1 aromatic carbocycles. The number of piperidine rings is 1. The van der Waals surface area contributed by atoms with E-state index in [0.29, 0.717) is 28.4 Å². The topological polar surface area (TPSA) is 76.6 Å². The minimum absolute atomic E-state index is 0.00139. The van der Waals surface area contributed by atoms with Crippen LogP contribution in [0.1, 0.15) is 48.7 Å². The number of carbonyl (C=O) groups excluding carboxylic acids is 1. The first-order chi connectivity index (χ1) is 15.5. The number of benzene rings is 1. The summed E-state index contributed by atoms with van der Waals surface area (Å²) < 4.78 is 10.9. The van der Waals surface area contributed by atoms with Crippen LogP contribution in [0.2, 0.25) is 0 Å². The number of carbonyl (C=O) groups is 1. The number of aromatic nitrogens is 2. The summed E-state index contributed by atoms with van der Waals surface area (Å²) in [5.41, 5.74) is 3.44. The second kappa shape index (κ2) is 9.42. The predicted octanol–water partition coefficient (Wildman–Crippen LogP) is 5.10. The Balaban J connectivity index is 1.83. The number of aryl methyl sites for hydroxylation is 1. The third-order valence-electron chi connectivity index (χ3n) is 6.13. The number of methoxy groups -OCH3 is 2. The molecule has 1 atom stereocenters. The third-order valence-corrected chi connectivity index (χ3v) is 6.13. The van der Waals surface area contributed by atoms with Crippen molar-refractivity contribution in [3.63, 3.8) is 0 Å². The molecule has 0 bridgehead atoms. The van der Waals surface area contributed by atoms with Crippen LogP contribution < -0.4 is 14.8 Å². The largest absolute Gasteiger partial charge is 0.497 e. The van der Waals surface area contributed by atoms with E-state index in [1.807, 2.05) is 42.2 Å². The highest BCUT2D eigenvalue weighted by Crippen LogP contribution is 2.36. The molecule has 0 aliphatic carbocycles. The maximum absolute atomic E-state index is 13.7. The Labute approximate surface area is 188 Å². The van der Waals surface area contributed by atoms with E-state index in [-0.39, 0.29) is 11.9 Å². The Morgan fingerprint density at radius 3 is 2.78 bits per heavy atom. The number of rotatable bonds is 6. The van der Waals surface area contributed by atoms with Gasteiger partial charge in [0.25, 0.3) is 5.91 Å². The molecule has 1 N–H and O–H groups in total. The van der Waals surface area contributed by atoms with Gasteiger partial charge in [-0.3, -0.25) is 4.79 Å². The number of nitrogens with one attached hydrogen (secondary N) is 1. The van der Waals surface area contributed by atoms with E-state index >= 15 is 0 Å². The number of hydrogen-bond acceptors (Lipinski definition) is 6. The molecule has 7 nitrogen and oxygen atoms in total. The van der Waals surface area contributed by atoms with Crippen molar-refractivity contribution in [3.8, 4) is 11.5 Å². The van der Waals surface area contributed by atoms with Gasteiger partial charge in [-0.25, -0.2) is 9.97 Å². The molecule has 1 amide bonds. The van der Waals surface area contributed by atoms with Crippen molar-refractivity contribution < 1.29 is 14.3 Å². The van der Waals surface area contributed by atoms with Crippen LogP contribution in [-0.2, 0) is 0 Å². The molecule has 0 radical (unpaired) electrons. The quantitative estimate of drug-likeness (QED) is 0.581. The van der Waals surface area contributed by atoms with Crippen LogP contribution >= 0.6 is 0 Å². The molecule has 1 saturated heterocycles. The molecule has 0 unspecified atom stereocenters. The number of anilines is 2. The molecular formula is C25H30N4O3. The zero-order valence-corrected chi connectivity index (χ0v) is 19.1. The van der Waals surface area contributed by atoms with Crippen LogP contribution in [0.5, 0.6) is 11.5 Å². The fourth-order valence-corrected chi connectivity index (χ4v) is 4.35. The highest BCUT2D eigenvalue weighted by Gasteiger charge is 2.29. The highest BCUT2D eigenvalue weighted by molar-refractivity contribution is 6.07. The van der Waals surface area contributed by atoms with Gasteiger partial charge in [-0.05, 0) is 56.9 Å². The molecule has 2 aromatic heterocycles. The van der Waals surface area contributed by atoms with Gasteiger partial charge in [-0.1, -0.05) is 6.92 Å². The van der Waals surface area contributed by atoms with Gasteiger partial charge in [0.15, 0.2) is 5.65 Å². The molecule has 1 aliphatic rings. The van der Waals surface area contributed by atoms with Crippen LogP contribution in [0.15, 0.2) is 36.5 Å². The Kier molecular flexibility index (Phi) is 6.44. The molecule has 3 aromatic rings. The van der Waals surface area contributed by atoms with Gasteiger partial charge in [0.1, 0.15) is 11.5 Å². The summed E-state index contributed by atoms with van der Waals surface area (Å²) in [6.45, 7) is 4.84. The van der Waals surface area contributed by atoms with Gasteiger partial charge in [0, 0.05) is 35.9 Å². The lowest BCUT2D eigenvalue weighted by atomic mass is 9.98. The van der Waals surface area contributed by atoms with E-state index in [4.69, 9.17) is 9.47 Å². The zero-order valence-electron chi connectivity index (χ0n) is 19.1. The van der Waals surface area contributed by atoms with Crippen molar-refractivity contribution in [2.75, 3.05) is 26.1 Å². The van der Waals surface area contributed by atoms with E-state index in [9.17, 15) is 4.79 Å². The molecule has 1 aliphatic heterocycles. The van der Waals surface area contributed by atoms with Crippen molar-refractivity contribution in [1.29, 1.82) is 0 Å². The number of likely N-dealkylation sites (tertiary alicyclic amines) is 1. The highest BCUT2D eigenvalue weighted by atomic mass is 16.5. The van der Waals surface area contributed by atoms with Crippen LogP contribution in [0, 0.1) is 6.92 Å². The fourth-order valence-electron chi connectivity index (χ4n) is 4.35. The number of ether oxygens (including phenoxy) is 2. The maximum Gasteiger partial charge on any atom is 0.257 e. The molecule has 0 spiro atoms. The summed E-state index contributed by atoms with van der Waals surface area (Å²) in [6.07, 6.45) is 5.83. The van der Waals surface area contributed by atoms with E-state index in [0.717, 1.165) is 49.0 Å². The van der Waals surface area contributed by atoms with Gasteiger partial charge in [-0.2, -0.15) is 0 Å². The smallest absolute Gasteiger partial charge is 0.257 e. The Morgan fingerprint density at radius 1 is 1.19 bits per heavy atom. The predicted molar refractivity (Wildman–Crippen MR) is 126 cm³/mol. The maximum atomic E-state index is 13.7. The van der Waals surface area contributed by atoms with Crippen molar-refractivity contribution in [1.82, 2.24) is 14.9 Å². The first-order valence-electron chi connectivity index (χ1n) is 11.1. The number of amides is 1. The Bertz CT molecular complexity index is 1130. The monoisotopic (exact) mass is 434 g/mol. The average Bonchev–Trinajstić information content (AvgIpc) is 2.83. The van der Waals surface area contributed by atoms with E-state index < -0.39 is 0 Å². The zero-order chi connectivity index (χ0) is 22.7. The summed E-state index contributed by atoms with van der Waals surface area (Å²) in [5.74, 6) is 1.32. The van der Waals surface area contributed by atoms with Crippen LogP contribution in [0.3, 0.4) is 0 Å². The average molecular weight is 435 g/mol. The van der Waals surface area contributed by atoms with Crippen molar-refractivity contribution >= 4 is 28.3 Å². The van der Waals surface area contributed by atoms with Gasteiger partial charge in [0.05, 0.1) is 31.2 Å². The minimum atomic E-state index is 0.00139. The number of fused-ring (bicyclic) bond motifs is 1. The Morgan fingerprint density at radius 2 is 2.03 bits per heavy atom. The lowest BCUT2D eigenvalue weighted by molar-refractivity contribution is 0.0609. The second-order valence-corrected chi connectivity index (χ2v) is 8.12. The molecule has 0 saturated carbocycles. The third kappa shape index (κ3) is 4.20. The SMILES string of the molecule is CC[C@H]1CCCCN1C(=O)c1cnc2nc(C)ccc2c1Nc1ccc(OC)cc1OC. The molecule has 4 rings (SSSR count). The van der Waals surface area contributed by atoms with Gasteiger partial charge in [0.2, 0.25) is 0 Å². The first-order valence-corrected chi connectivity index (χ1v) is 11.1. The molecular weight excluding hydrogens is 404 g/mol. The first kappa shape index (κ1) is 21.9. The van der Waals surface area contributed by atoms with Crippen LogP contribution in [0.25, 0.3) is 11.0 Å². The van der Waals surface area contributed by atoms with Crippen molar-refractivity contribution in [3.05, 3.63) is 47.8 Å². The van der Waals surface area contributed by atoms with Crippen LogP contribution in [-0.4, -0.2) is 47.6 Å². The summed E-state index contributed by atoms with van der Waals surface area (Å²) in [7, 11) is 3.23. The van der Waals surface area contributed by atoms with Crippen molar-refractivity contribution in [2.45, 2.75) is 45.6 Å². The number of pyridine rings is 2. The summed E-state index contributed by atoms with van der Waals surface area (Å²) in [6, 6.07) is 9.71. The lowest BCUT2D eigenvalue weighted by Crippen LogP contribution is -2.43. The molecule has 32 heavy (non-hydrogen) atoms. The normalized spacial score (nSPS) is 16.1. The summed E-state index contributed by atoms with van der Waals surface area (Å²) in [4.78, 5) is 24.8. The fraction of sp³-hybridized carbons (Fsp3) is 0.400. The molecule has 7 heteroatoms. The van der Waals surface area contributed by atoms with E-state index in [1.54, 1.807) is 20.4 Å². The van der Waals surface area contributed by atoms with E-state index in [1.165, 1.54) is 0 Å². The second-order valence-electron chi connectivity index (χ2n) is 8.12.